The lowest BCUT2D eigenvalue weighted by Gasteiger charge is -2.32. The molecule has 2 aliphatic rings. The zero-order valence-electron chi connectivity index (χ0n) is 22.6. The zero-order chi connectivity index (χ0) is 28.5. The van der Waals surface area contributed by atoms with Crippen molar-refractivity contribution in [1.82, 2.24) is 24.6 Å². The number of nitrogens with zero attached hydrogens (tertiary/aromatic N) is 7. The summed E-state index contributed by atoms with van der Waals surface area (Å²) in [5.41, 5.74) is 2.07. The molecule has 12 heteroatoms. The standard InChI is InChI=1S/C29H30FN7O4/c1-34(29(39)40)20-8-6-19(7-9-20)25-32-26(35-14-16-41-17-15-35)23-18-31-37(27(23)33-25)21-10-12-36(13-11-21)28(38)22-4-2-3-5-24(22)30/h2-9,18,21H,10-17H2,1H3,(H,39,40). The molecule has 41 heavy (non-hydrogen) atoms. The molecule has 0 aliphatic carbocycles. The van der Waals surface area contributed by atoms with Crippen molar-refractivity contribution in [1.29, 1.82) is 0 Å². The number of ether oxygens (including phenoxy) is 1. The van der Waals surface area contributed by atoms with Gasteiger partial charge < -0.3 is 19.6 Å². The van der Waals surface area contributed by atoms with Crippen molar-refractivity contribution < 1.29 is 23.8 Å². The highest BCUT2D eigenvalue weighted by molar-refractivity contribution is 5.94. The maximum absolute atomic E-state index is 14.2. The summed E-state index contributed by atoms with van der Waals surface area (Å²) in [5, 5.41) is 14.9. The molecule has 11 nitrogen and oxygen atoms in total. The number of carbonyl (C=O) groups is 2. The van der Waals surface area contributed by atoms with Crippen LogP contribution in [-0.4, -0.2) is 88.2 Å². The van der Waals surface area contributed by atoms with E-state index in [1.54, 1.807) is 35.4 Å². The Kier molecular flexibility index (Phi) is 7.23. The van der Waals surface area contributed by atoms with Crippen molar-refractivity contribution in [2.24, 2.45) is 0 Å². The Morgan fingerprint density at radius 3 is 2.39 bits per heavy atom. The smallest absolute Gasteiger partial charge is 0.411 e. The molecule has 2 fully saturated rings. The normalized spacial score (nSPS) is 16.2. The fourth-order valence-corrected chi connectivity index (χ4v) is 5.39. The number of halogens is 1. The topological polar surface area (TPSA) is 117 Å². The van der Waals surface area contributed by atoms with Gasteiger partial charge in [0.25, 0.3) is 5.91 Å². The number of hydrogen-bond donors (Lipinski definition) is 1. The first-order valence-electron chi connectivity index (χ1n) is 13.6. The van der Waals surface area contributed by atoms with Crippen molar-refractivity contribution in [3.8, 4) is 11.4 Å². The maximum atomic E-state index is 14.2. The fraction of sp³-hybridized carbons (Fsp3) is 0.345. The first-order chi connectivity index (χ1) is 19.9. The largest absolute Gasteiger partial charge is 0.465 e. The van der Waals surface area contributed by atoms with Crippen LogP contribution in [0.5, 0.6) is 0 Å². The van der Waals surface area contributed by atoms with E-state index in [0.717, 1.165) is 21.7 Å². The first-order valence-corrected chi connectivity index (χ1v) is 13.6. The minimum absolute atomic E-state index is 0.00375. The minimum atomic E-state index is -1.05. The van der Waals surface area contributed by atoms with Crippen LogP contribution in [0.2, 0.25) is 0 Å². The number of hydrogen-bond acceptors (Lipinski definition) is 7. The predicted molar refractivity (Wildman–Crippen MR) is 151 cm³/mol. The van der Waals surface area contributed by atoms with Gasteiger partial charge in [0.2, 0.25) is 0 Å². The Balaban J connectivity index is 1.31. The lowest BCUT2D eigenvalue weighted by Crippen LogP contribution is -2.39. The number of fused-ring (bicyclic) bond motifs is 1. The van der Waals surface area contributed by atoms with E-state index in [4.69, 9.17) is 19.8 Å². The van der Waals surface area contributed by atoms with Gasteiger partial charge >= 0.3 is 6.09 Å². The Bertz CT molecular complexity index is 1580. The summed E-state index contributed by atoms with van der Waals surface area (Å²) >= 11 is 0. The second-order valence-corrected chi connectivity index (χ2v) is 10.2. The van der Waals surface area contributed by atoms with E-state index in [9.17, 15) is 19.1 Å². The molecule has 4 heterocycles. The molecule has 0 unspecified atom stereocenters. The highest BCUT2D eigenvalue weighted by Gasteiger charge is 2.29. The van der Waals surface area contributed by atoms with Gasteiger partial charge in [-0.05, 0) is 49.2 Å². The molecule has 2 saturated heterocycles. The van der Waals surface area contributed by atoms with Crippen LogP contribution >= 0.6 is 0 Å². The van der Waals surface area contributed by atoms with Crippen LogP contribution in [0.15, 0.2) is 54.7 Å². The van der Waals surface area contributed by atoms with E-state index in [0.29, 0.717) is 69.4 Å². The summed E-state index contributed by atoms with van der Waals surface area (Å²) in [4.78, 5) is 39.2. The number of anilines is 2. The van der Waals surface area contributed by atoms with E-state index >= 15 is 0 Å². The number of likely N-dealkylation sites (tertiary alicyclic amines) is 1. The molecule has 0 atom stereocenters. The fourth-order valence-electron chi connectivity index (χ4n) is 5.39. The van der Waals surface area contributed by atoms with E-state index in [1.165, 1.54) is 19.2 Å². The van der Waals surface area contributed by atoms with Crippen molar-refractivity contribution in [3.05, 3.63) is 66.1 Å². The molecule has 4 aromatic rings. The number of carboxylic acid groups (broad SMARTS) is 1. The molecular formula is C29H30FN7O4. The molecule has 2 aromatic heterocycles. The van der Waals surface area contributed by atoms with Crippen LogP contribution in [-0.2, 0) is 4.74 Å². The molecule has 0 bridgehead atoms. The predicted octanol–water partition coefficient (Wildman–Crippen LogP) is 4.06. The van der Waals surface area contributed by atoms with Crippen molar-refractivity contribution in [2.75, 3.05) is 56.2 Å². The molecular weight excluding hydrogens is 529 g/mol. The highest BCUT2D eigenvalue weighted by atomic mass is 19.1. The third kappa shape index (κ3) is 5.18. The molecule has 212 valence electrons. The van der Waals surface area contributed by atoms with E-state index < -0.39 is 11.9 Å². The quantitative estimate of drug-likeness (QED) is 0.389. The molecule has 0 saturated carbocycles. The zero-order valence-corrected chi connectivity index (χ0v) is 22.6. The number of carbonyl (C=O) groups excluding carboxylic acids is 1. The van der Waals surface area contributed by atoms with E-state index in [2.05, 4.69) is 4.90 Å². The summed E-state index contributed by atoms with van der Waals surface area (Å²) in [5.74, 6) is 0.471. The average Bonchev–Trinajstić information content (AvgIpc) is 3.45. The summed E-state index contributed by atoms with van der Waals surface area (Å²) in [6.07, 6.45) is 2.06. The van der Waals surface area contributed by atoms with Gasteiger partial charge in [-0.25, -0.2) is 23.8 Å². The first kappa shape index (κ1) is 26.6. The molecule has 2 amide bonds. The van der Waals surface area contributed by atoms with Gasteiger partial charge in [0.1, 0.15) is 11.6 Å². The van der Waals surface area contributed by atoms with Gasteiger partial charge in [-0.1, -0.05) is 12.1 Å². The summed E-state index contributed by atoms with van der Waals surface area (Å²) in [6.45, 7) is 3.53. The number of morpholine rings is 1. The molecule has 0 radical (unpaired) electrons. The van der Waals surface area contributed by atoms with Gasteiger partial charge in [-0.3, -0.25) is 9.69 Å². The van der Waals surface area contributed by atoms with Crippen molar-refractivity contribution in [3.63, 3.8) is 0 Å². The van der Waals surface area contributed by atoms with Crippen molar-refractivity contribution in [2.45, 2.75) is 18.9 Å². The van der Waals surface area contributed by atoms with Crippen LogP contribution in [0, 0.1) is 5.82 Å². The van der Waals surface area contributed by atoms with Crippen LogP contribution in [0.1, 0.15) is 29.2 Å². The van der Waals surface area contributed by atoms with E-state index in [1.807, 2.05) is 16.8 Å². The van der Waals surface area contributed by atoms with Crippen LogP contribution in [0.4, 0.5) is 20.7 Å². The molecule has 6 rings (SSSR count). The number of amides is 2. The Morgan fingerprint density at radius 2 is 1.71 bits per heavy atom. The summed E-state index contributed by atoms with van der Waals surface area (Å²) < 4.78 is 21.7. The second-order valence-electron chi connectivity index (χ2n) is 10.2. The summed E-state index contributed by atoms with van der Waals surface area (Å²) in [6, 6.07) is 13.1. The third-order valence-corrected chi connectivity index (χ3v) is 7.75. The minimum Gasteiger partial charge on any atom is -0.465 e. The molecule has 2 aromatic carbocycles. The maximum Gasteiger partial charge on any atom is 0.411 e. The second kappa shape index (κ2) is 11.1. The van der Waals surface area contributed by atoms with Crippen molar-refractivity contribution >= 4 is 34.5 Å². The van der Waals surface area contributed by atoms with E-state index in [-0.39, 0.29) is 17.5 Å². The monoisotopic (exact) mass is 559 g/mol. The number of rotatable bonds is 5. The van der Waals surface area contributed by atoms with Gasteiger partial charge in [-0.15, -0.1) is 0 Å². The van der Waals surface area contributed by atoms with Crippen LogP contribution in [0.3, 0.4) is 0 Å². The Labute approximate surface area is 235 Å². The Morgan fingerprint density at radius 1 is 1.00 bits per heavy atom. The lowest BCUT2D eigenvalue weighted by molar-refractivity contribution is 0.0686. The van der Waals surface area contributed by atoms with Crippen LogP contribution in [0.25, 0.3) is 22.4 Å². The molecule has 2 aliphatic heterocycles. The highest BCUT2D eigenvalue weighted by Crippen LogP contribution is 2.33. The number of benzene rings is 2. The SMILES string of the molecule is CN(C(=O)O)c1ccc(-c2nc(N3CCOCC3)c3cnn(C4CCN(C(=O)c5ccccc5F)CC4)c3n2)cc1. The van der Waals surface area contributed by atoms with Gasteiger partial charge in [0.15, 0.2) is 11.5 Å². The number of aromatic nitrogens is 4. The third-order valence-electron chi connectivity index (χ3n) is 7.75. The Hall–Kier alpha value is -4.58. The van der Waals surface area contributed by atoms with Gasteiger partial charge in [0.05, 0.1) is 36.4 Å². The van der Waals surface area contributed by atoms with Gasteiger partial charge in [-0.2, -0.15) is 5.10 Å². The molecule has 0 spiro atoms. The summed E-state index contributed by atoms with van der Waals surface area (Å²) in [7, 11) is 1.49. The number of piperidine rings is 1. The van der Waals surface area contributed by atoms with Gasteiger partial charge in [0, 0.05) is 44.5 Å². The average molecular weight is 560 g/mol. The lowest BCUT2D eigenvalue weighted by atomic mass is 10.0. The van der Waals surface area contributed by atoms with Crippen LogP contribution < -0.4 is 9.80 Å². The molecule has 1 N–H and O–H groups in total.